The van der Waals surface area contributed by atoms with E-state index < -0.39 is 0 Å². The van der Waals surface area contributed by atoms with Gasteiger partial charge in [-0.05, 0) is 24.3 Å². The molecular formula is C16H19ClN3O2+. The maximum atomic E-state index is 12.0. The molecule has 1 aromatic heterocycles. The van der Waals surface area contributed by atoms with Crippen LogP contribution in [0.2, 0.25) is 5.15 Å². The van der Waals surface area contributed by atoms with Gasteiger partial charge in [0.25, 0.3) is 5.91 Å². The van der Waals surface area contributed by atoms with E-state index >= 15 is 0 Å². The van der Waals surface area contributed by atoms with Crippen LogP contribution in [0.15, 0.2) is 42.6 Å². The summed E-state index contributed by atoms with van der Waals surface area (Å²) in [5.74, 6) is 0.715. The molecule has 1 atom stereocenters. The molecule has 116 valence electrons. The lowest BCUT2D eigenvalue weighted by atomic mass is 10.2. The summed E-state index contributed by atoms with van der Waals surface area (Å²) in [4.78, 5) is 17.0. The molecule has 1 amide bonds. The van der Waals surface area contributed by atoms with Crippen LogP contribution in [-0.4, -0.2) is 31.6 Å². The second kappa shape index (κ2) is 7.77. The maximum absolute atomic E-state index is 12.0. The Kier molecular flexibility index (Phi) is 5.75. The van der Waals surface area contributed by atoms with Crippen molar-refractivity contribution in [2.45, 2.75) is 6.54 Å². The molecule has 0 saturated carbocycles. The Bertz CT molecular complexity index is 649. The zero-order chi connectivity index (χ0) is 15.9. The summed E-state index contributed by atoms with van der Waals surface area (Å²) < 4.78 is 5.20. The Morgan fingerprint density at radius 1 is 1.36 bits per heavy atom. The van der Waals surface area contributed by atoms with Crippen LogP contribution >= 0.6 is 11.6 Å². The van der Waals surface area contributed by atoms with E-state index in [0.29, 0.717) is 17.4 Å². The van der Waals surface area contributed by atoms with Gasteiger partial charge in [0, 0.05) is 11.8 Å². The van der Waals surface area contributed by atoms with Crippen LogP contribution < -0.4 is 15.0 Å². The molecule has 0 radical (unpaired) electrons. The molecule has 0 aliphatic rings. The van der Waals surface area contributed by atoms with E-state index in [1.807, 2.05) is 31.3 Å². The van der Waals surface area contributed by atoms with Crippen LogP contribution in [0.3, 0.4) is 0 Å². The predicted octanol–water partition coefficient (Wildman–Crippen LogP) is 1.40. The lowest BCUT2D eigenvalue weighted by Crippen LogP contribution is -3.08. The van der Waals surface area contributed by atoms with Crippen LogP contribution in [0.5, 0.6) is 5.75 Å². The summed E-state index contributed by atoms with van der Waals surface area (Å²) in [5.41, 5.74) is 1.65. The number of hydrogen-bond donors (Lipinski definition) is 2. The molecule has 0 fully saturated rings. The first-order valence-corrected chi connectivity index (χ1v) is 7.31. The number of hydrogen-bond acceptors (Lipinski definition) is 3. The molecule has 1 unspecified atom stereocenters. The van der Waals surface area contributed by atoms with Gasteiger partial charge in [-0.3, -0.25) is 4.79 Å². The predicted molar refractivity (Wildman–Crippen MR) is 86.3 cm³/mol. The first-order valence-electron chi connectivity index (χ1n) is 6.93. The van der Waals surface area contributed by atoms with Crippen molar-refractivity contribution < 1.29 is 14.4 Å². The van der Waals surface area contributed by atoms with Crippen LogP contribution in [-0.2, 0) is 11.3 Å². The smallest absolute Gasteiger partial charge is 0.279 e. The number of ether oxygens (including phenoxy) is 1. The molecule has 0 saturated heterocycles. The molecule has 2 aromatic rings. The average Bonchev–Trinajstić information content (AvgIpc) is 2.49. The van der Waals surface area contributed by atoms with Crippen molar-refractivity contribution in [3.63, 3.8) is 0 Å². The highest BCUT2D eigenvalue weighted by Gasteiger charge is 2.12. The molecule has 2 rings (SSSR count). The summed E-state index contributed by atoms with van der Waals surface area (Å²) in [6, 6.07) is 11.3. The van der Waals surface area contributed by atoms with Gasteiger partial charge in [-0.1, -0.05) is 23.7 Å². The summed E-state index contributed by atoms with van der Waals surface area (Å²) in [7, 11) is 3.60. The lowest BCUT2D eigenvalue weighted by Gasteiger charge is -2.14. The number of carbonyl (C=O) groups is 1. The largest absolute Gasteiger partial charge is 0.497 e. The minimum absolute atomic E-state index is 0.102. The Morgan fingerprint density at radius 3 is 2.91 bits per heavy atom. The molecule has 0 aliphatic carbocycles. The number of quaternary nitrogens is 1. The van der Waals surface area contributed by atoms with Gasteiger partial charge in [0.2, 0.25) is 0 Å². The van der Waals surface area contributed by atoms with E-state index in [1.54, 1.807) is 25.4 Å². The Hall–Kier alpha value is -2.11. The highest BCUT2D eigenvalue weighted by atomic mass is 35.5. The fraction of sp³-hybridized carbons (Fsp3) is 0.250. The number of methoxy groups -OCH3 is 1. The average molecular weight is 321 g/mol. The molecule has 22 heavy (non-hydrogen) atoms. The minimum atomic E-state index is -0.102. The highest BCUT2D eigenvalue weighted by molar-refractivity contribution is 6.32. The molecular weight excluding hydrogens is 302 g/mol. The first-order chi connectivity index (χ1) is 10.6. The van der Waals surface area contributed by atoms with Crippen molar-refractivity contribution in [2.75, 3.05) is 26.0 Å². The third-order valence-corrected chi connectivity index (χ3v) is 3.44. The number of carbonyl (C=O) groups excluding carboxylic acids is 1. The number of likely N-dealkylation sites (N-methyl/N-ethyl adjacent to an activating group) is 1. The van der Waals surface area contributed by atoms with Crippen molar-refractivity contribution >= 4 is 23.2 Å². The number of rotatable bonds is 6. The SMILES string of the molecule is COc1cccc(C[NH+](C)CC(=O)Nc2cccnc2Cl)c1. The monoisotopic (exact) mass is 320 g/mol. The Labute approximate surface area is 134 Å². The van der Waals surface area contributed by atoms with Crippen LogP contribution in [0.1, 0.15) is 5.56 Å². The normalized spacial score (nSPS) is 11.8. The molecule has 0 bridgehead atoms. The Balaban J connectivity index is 1.89. The second-order valence-corrected chi connectivity index (χ2v) is 5.41. The summed E-state index contributed by atoms with van der Waals surface area (Å²) in [5, 5.41) is 3.06. The van der Waals surface area contributed by atoms with E-state index in [2.05, 4.69) is 10.3 Å². The van der Waals surface area contributed by atoms with Crippen LogP contribution in [0, 0.1) is 0 Å². The van der Waals surface area contributed by atoms with E-state index in [4.69, 9.17) is 16.3 Å². The fourth-order valence-electron chi connectivity index (χ4n) is 2.14. The molecule has 6 heteroatoms. The van der Waals surface area contributed by atoms with Gasteiger partial charge in [-0.2, -0.15) is 0 Å². The van der Waals surface area contributed by atoms with Gasteiger partial charge < -0.3 is 15.0 Å². The van der Waals surface area contributed by atoms with Gasteiger partial charge >= 0.3 is 0 Å². The number of anilines is 1. The lowest BCUT2D eigenvalue weighted by molar-refractivity contribution is -0.885. The number of nitrogens with zero attached hydrogens (tertiary/aromatic N) is 1. The van der Waals surface area contributed by atoms with Gasteiger partial charge in [-0.15, -0.1) is 0 Å². The molecule has 1 aromatic carbocycles. The molecule has 5 nitrogen and oxygen atoms in total. The van der Waals surface area contributed by atoms with Gasteiger partial charge in [-0.25, -0.2) is 4.98 Å². The highest BCUT2D eigenvalue weighted by Crippen LogP contribution is 2.16. The van der Waals surface area contributed by atoms with Gasteiger partial charge in [0.05, 0.1) is 19.8 Å². The van der Waals surface area contributed by atoms with E-state index in [9.17, 15) is 4.79 Å². The van der Waals surface area contributed by atoms with Crippen molar-refractivity contribution in [2.24, 2.45) is 0 Å². The third-order valence-electron chi connectivity index (χ3n) is 3.14. The number of nitrogens with one attached hydrogen (secondary N) is 2. The van der Waals surface area contributed by atoms with Crippen molar-refractivity contribution in [1.29, 1.82) is 0 Å². The summed E-state index contributed by atoms with van der Waals surface area (Å²) in [6.07, 6.45) is 1.58. The van der Waals surface area contributed by atoms with Crippen LogP contribution in [0.4, 0.5) is 5.69 Å². The van der Waals surface area contributed by atoms with E-state index in [1.165, 1.54) is 0 Å². The summed E-state index contributed by atoms with van der Waals surface area (Å²) >= 11 is 5.92. The zero-order valence-corrected chi connectivity index (χ0v) is 13.4. The van der Waals surface area contributed by atoms with Gasteiger partial charge in [0.15, 0.2) is 11.7 Å². The minimum Gasteiger partial charge on any atom is -0.497 e. The first kappa shape index (κ1) is 16.3. The van der Waals surface area contributed by atoms with E-state index in [-0.39, 0.29) is 5.91 Å². The molecule has 0 spiro atoms. The number of pyridine rings is 1. The maximum Gasteiger partial charge on any atom is 0.279 e. The van der Waals surface area contributed by atoms with E-state index in [0.717, 1.165) is 22.8 Å². The summed E-state index contributed by atoms with van der Waals surface area (Å²) in [6.45, 7) is 1.06. The molecule has 1 heterocycles. The second-order valence-electron chi connectivity index (χ2n) is 5.05. The van der Waals surface area contributed by atoms with Gasteiger partial charge in [0.1, 0.15) is 12.3 Å². The quantitative estimate of drug-likeness (QED) is 0.791. The number of benzene rings is 1. The van der Waals surface area contributed by atoms with Crippen molar-refractivity contribution in [1.82, 2.24) is 4.98 Å². The van der Waals surface area contributed by atoms with Crippen molar-refractivity contribution in [3.05, 3.63) is 53.3 Å². The molecule has 2 N–H and O–H groups in total. The standard InChI is InChI=1S/C16H18ClN3O2/c1-20(10-12-5-3-6-13(9-12)22-2)11-15(21)19-14-7-4-8-18-16(14)17/h3-9H,10-11H2,1-2H3,(H,19,21)/p+1. The topological polar surface area (TPSA) is 55.7 Å². The number of halogens is 1. The van der Waals surface area contributed by atoms with Crippen molar-refractivity contribution in [3.8, 4) is 5.75 Å². The van der Waals surface area contributed by atoms with Crippen LogP contribution in [0.25, 0.3) is 0 Å². The third kappa shape index (κ3) is 4.72. The zero-order valence-electron chi connectivity index (χ0n) is 12.6. The number of aromatic nitrogens is 1. The molecule has 0 aliphatic heterocycles. The Morgan fingerprint density at radius 2 is 2.18 bits per heavy atom. The number of amides is 1. The fourth-order valence-corrected chi connectivity index (χ4v) is 2.31.